The van der Waals surface area contributed by atoms with E-state index in [1.165, 1.54) is 0 Å². The zero-order valence-electron chi connectivity index (χ0n) is 14.4. The molecule has 3 heterocycles. The molecule has 1 aromatic carbocycles. The molecule has 0 unspecified atom stereocenters. The minimum Gasteiger partial charge on any atom is -0.339 e. The Hall–Kier alpha value is -3.22. The summed E-state index contributed by atoms with van der Waals surface area (Å²) in [6, 6.07) is 11.4. The summed E-state index contributed by atoms with van der Waals surface area (Å²) in [6.07, 6.45) is 4.97. The lowest BCUT2D eigenvalue weighted by Crippen LogP contribution is -2.51. The SMILES string of the molecule is CC(=O)N1CCN(C(=O)c2cnn3cccnc23)[C@@H](c2ccccc2)C1. The standard InChI is InChI=1S/C19H19N5O2/c1-14(25)22-10-11-23(17(13-22)15-6-3-2-4-7-15)19(26)16-12-21-24-9-5-8-20-18(16)24/h2-9,12,17H,10-11,13H2,1H3/t17-/m1/s1. The fraction of sp³-hybridized carbons (Fsp3) is 0.263. The predicted octanol–water partition coefficient (Wildman–Crippen LogP) is 1.77. The van der Waals surface area contributed by atoms with Crippen molar-refractivity contribution in [3.05, 3.63) is 66.1 Å². The highest BCUT2D eigenvalue weighted by molar-refractivity contribution is 6.00. The average Bonchev–Trinajstić information content (AvgIpc) is 3.12. The van der Waals surface area contributed by atoms with Crippen molar-refractivity contribution in [1.29, 1.82) is 0 Å². The second-order valence-corrected chi connectivity index (χ2v) is 6.34. The molecule has 1 atom stereocenters. The minimum absolute atomic E-state index is 0.0238. The van der Waals surface area contributed by atoms with Gasteiger partial charge in [0.1, 0.15) is 5.56 Å². The third-order valence-electron chi connectivity index (χ3n) is 4.78. The predicted molar refractivity (Wildman–Crippen MR) is 95.5 cm³/mol. The molecule has 0 aliphatic carbocycles. The Morgan fingerprint density at radius 3 is 2.69 bits per heavy atom. The molecule has 26 heavy (non-hydrogen) atoms. The number of fused-ring (bicyclic) bond motifs is 1. The van der Waals surface area contributed by atoms with Crippen LogP contribution in [0.1, 0.15) is 28.9 Å². The zero-order valence-corrected chi connectivity index (χ0v) is 14.4. The first-order chi connectivity index (χ1) is 12.6. The number of hydrogen-bond acceptors (Lipinski definition) is 4. The van der Waals surface area contributed by atoms with Crippen molar-refractivity contribution < 1.29 is 9.59 Å². The lowest BCUT2D eigenvalue weighted by Gasteiger charge is -2.41. The van der Waals surface area contributed by atoms with E-state index in [9.17, 15) is 9.59 Å². The number of hydrogen-bond donors (Lipinski definition) is 0. The molecule has 2 amide bonds. The van der Waals surface area contributed by atoms with Gasteiger partial charge in [0.25, 0.3) is 5.91 Å². The maximum atomic E-state index is 13.3. The smallest absolute Gasteiger partial charge is 0.259 e. The zero-order chi connectivity index (χ0) is 18.1. The van der Waals surface area contributed by atoms with E-state index < -0.39 is 0 Å². The molecule has 0 saturated carbocycles. The largest absolute Gasteiger partial charge is 0.339 e. The van der Waals surface area contributed by atoms with Crippen LogP contribution in [0.4, 0.5) is 0 Å². The number of amides is 2. The van der Waals surface area contributed by atoms with Crippen LogP contribution >= 0.6 is 0 Å². The third kappa shape index (κ3) is 2.81. The van der Waals surface area contributed by atoms with Crippen LogP contribution in [0.3, 0.4) is 0 Å². The van der Waals surface area contributed by atoms with Crippen LogP contribution in [0.25, 0.3) is 5.65 Å². The summed E-state index contributed by atoms with van der Waals surface area (Å²) in [7, 11) is 0. The highest BCUT2D eigenvalue weighted by atomic mass is 16.2. The molecule has 0 radical (unpaired) electrons. The van der Waals surface area contributed by atoms with Gasteiger partial charge in [-0.3, -0.25) is 9.59 Å². The number of carbonyl (C=O) groups is 2. The molecule has 1 aliphatic heterocycles. The minimum atomic E-state index is -0.194. The fourth-order valence-electron chi connectivity index (χ4n) is 3.41. The van der Waals surface area contributed by atoms with Crippen molar-refractivity contribution in [3.63, 3.8) is 0 Å². The first kappa shape index (κ1) is 16.3. The highest BCUT2D eigenvalue weighted by Gasteiger charge is 2.34. The molecule has 132 valence electrons. The van der Waals surface area contributed by atoms with Crippen molar-refractivity contribution >= 4 is 17.5 Å². The van der Waals surface area contributed by atoms with E-state index in [1.54, 1.807) is 41.0 Å². The molecule has 1 fully saturated rings. The quantitative estimate of drug-likeness (QED) is 0.707. The van der Waals surface area contributed by atoms with Gasteiger partial charge >= 0.3 is 0 Å². The van der Waals surface area contributed by atoms with Crippen LogP contribution in [0.5, 0.6) is 0 Å². The molecule has 7 heteroatoms. The van der Waals surface area contributed by atoms with Gasteiger partial charge in [0, 0.05) is 39.0 Å². The van der Waals surface area contributed by atoms with Gasteiger partial charge in [-0.15, -0.1) is 0 Å². The molecule has 0 bridgehead atoms. The van der Waals surface area contributed by atoms with Gasteiger partial charge in [-0.2, -0.15) is 5.10 Å². The summed E-state index contributed by atoms with van der Waals surface area (Å²) in [5, 5.41) is 4.22. The number of rotatable bonds is 2. The van der Waals surface area contributed by atoms with Crippen LogP contribution in [0.15, 0.2) is 55.0 Å². The van der Waals surface area contributed by atoms with Gasteiger partial charge in [-0.1, -0.05) is 30.3 Å². The van der Waals surface area contributed by atoms with Gasteiger partial charge < -0.3 is 9.80 Å². The molecule has 0 spiro atoms. The Labute approximate surface area is 150 Å². The summed E-state index contributed by atoms with van der Waals surface area (Å²) in [5.74, 6) is -0.0913. The lowest BCUT2D eigenvalue weighted by molar-refractivity contribution is -0.131. The summed E-state index contributed by atoms with van der Waals surface area (Å²) >= 11 is 0. The Kier molecular flexibility index (Phi) is 4.12. The maximum absolute atomic E-state index is 13.3. The number of benzene rings is 1. The first-order valence-corrected chi connectivity index (χ1v) is 8.55. The monoisotopic (exact) mass is 349 g/mol. The summed E-state index contributed by atoms with van der Waals surface area (Å²) < 4.78 is 1.59. The second-order valence-electron chi connectivity index (χ2n) is 6.34. The third-order valence-corrected chi connectivity index (χ3v) is 4.78. The molecule has 3 aromatic rings. The van der Waals surface area contributed by atoms with Gasteiger partial charge in [0.15, 0.2) is 5.65 Å². The van der Waals surface area contributed by atoms with E-state index in [2.05, 4.69) is 10.1 Å². The van der Waals surface area contributed by atoms with Gasteiger partial charge in [-0.05, 0) is 11.6 Å². The molecule has 0 N–H and O–H groups in total. The van der Waals surface area contributed by atoms with Gasteiger partial charge in [-0.25, -0.2) is 9.50 Å². The average molecular weight is 349 g/mol. The van der Waals surface area contributed by atoms with E-state index in [0.29, 0.717) is 30.8 Å². The molecular formula is C19H19N5O2. The van der Waals surface area contributed by atoms with Crippen LogP contribution in [-0.4, -0.2) is 55.8 Å². The van der Waals surface area contributed by atoms with Crippen molar-refractivity contribution in [2.75, 3.05) is 19.6 Å². The molecule has 1 saturated heterocycles. The van der Waals surface area contributed by atoms with E-state index >= 15 is 0 Å². The normalized spacial score (nSPS) is 17.5. The summed E-state index contributed by atoms with van der Waals surface area (Å²) in [6.45, 7) is 3.05. The van der Waals surface area contributed by atoms with Gasteiger partial charge in [0.2, 0.25) is 5.91 Å². The fourth-order valence-corrected chi connectivity index (χ4v) is 3.41. The Bertz CT molecular complexity index is 953. The Morgan fingerprint density at radius 1 is 1.12 bits per heavy atom. The second kappa shape index (κ2) is 6.59. The van der Waals surface area contributed by atoms with E-state index in [1.807, 2.05) is 35.2 Å². The van der Waals surface area contributed by atoms with Crippen LogP contribution in [0.2, 0.25) is 0 Å². The number of piperazine rings is 1. The molecule has 1 aliphatic rings. The number of aromatic nitrogens is 3. The van der Waals surface area contributed by atoms with Crippen molar-refractivity contribution in [2.24, 2.45) is 0 Å². The lowest BCUT2D eigenvalue weighted by atomic mass is 10.0. The summed E-state index contributed by atoms with van der Waals surface area (Å²) in [5.41, 5.74) is 2.03. The van der Waals surface area contributed by atoms with Crippen molar-refractivity contribution in [1.82, 2.24) is 24.4 Å². The maximum Gasteiger partial charge on any atom is 0.259 e. The Morgan fingerprint density at radius 2 is 1.92 bits per heavy atom. The van der Waals surface area contributed by atoms with Crippen LogP contribution in [-0.2, 0) is 4.79 Å². The van der Waals surface area contributed by atoms with Crippen molar-refractivity contribution in [2.45, 2.75) is 13.0 Å². The van der Waals surface area contributed by atoms with Gasteiger partial charge in [0.05, 0.1) is 12.2 Å². The van der Waals surface area contributed by atoms with E-state index in [-0.39, 0.29) is 17.9 Å². The Balaban J connectivity index is 1.71. The first-order valence-electron chi connectivity index (χ1n) is 8.55. The van der Waals surface area contributed by atoms with Crippen LogP contribution in [0, 0.1) is 0 Å². The van der Waals surface area contributed by atoms with Crippen LogP contribution < -0.4 is 0 Å². The molecule has 4 rings (SSSR count). The number of carbonyl (C=O) groups excluding carboxylic acids is 2. The molecule has 2 aromatic heterocycles. The molecular weight excluding hydrogens is 330 g/mol. The molecule has 7 nitrogen and oxygen atoms in total. The topological polar surface area (TPSA) is 70.8 Å². The highest BCUT2D eigenvalue weighted by Crippen LogP contribution is 2.27. The summed E-state index contributed by atoms with van der Waals surface area (Å²) in [4.78, 5) is 33.0. The van der Waals surface area contributed by atoms with E-state index in [0.717, 1.165) is 5.56 Å². The number of nitrogens with zero attached hydrogens (tertiary/aromatic N) is 5. The van der Waals surface area contributed by atoms with E-state index in [4.69, 9.17) is 0 Å². The van der Waals surface area contributed by atoms with Crippen molar-refractivity contribution in [3.8, 4) is 0 Å².